The number of fused-ring (bicyclic) bond motifs is 1. The van der Waals surface area contributed by atoms with Crippen LogP contribution in [0, 0.1) is 5.41 Å². The van der Waals surface area contributed by atoms with E-state index in [0.29, 0.717) is 33.4 Å². The maximum Gasteiger partial charge on any atom is 0.231 e. The summed E-state index contributed by atoms with van der Waals surface area (Å²) in [6.07, 6.45) is 1.65. The van der Waals surface area contributed by atoms with Gasteiger partial charge in [0, 0.05) is 17.2 Å². The highest BCUT2D eigenvalue weighted by Crippen LogP contribution is 2.30. The Bertz CT molecular complexity index is 961. The maximum atomic E-state index is 12.0. The van der Waals surface area contributed by atoms with E-state index in [0.717, 1.165) is 0 Å². The molecule has 0 aliphatic carbocycles. The smallest absolute Gasteiger partial charge is 0.231 e. The monoisotopic (exact) mass is 388 g/mol. The van der Waals surface area contributed by atoms with Crippen molar-refractivity contribution < 1.29 is 9.21 Å². The molecule has 0 fully saturated rings. The molecule has 0 aliphatic heterocycles. The van der Waals surface area contributed by atoms with Gasteiger partial charge < -0.3 is 15.1 Å². The van der Waals surface area contributed by atoms with Gasteiger partial charge in [0.15, 0.2) is 16.3 Å². The highest BCUT2D eigenvalue weighted by atomic mass is 35.5. The lowest BCUT2D eigenvalue weighted by Crippen LogP contribution is -2.41. The molecule has 8 heteroatoms. The van der Waals surface area contributed by atoms with E-state index in [9.17, 15) is 4.79 Å². The largest absolute Gasteiger partial charge is 0.434 e. The Hall–Kier alpha value is -2.51. The minimum Gasteiger partial charge on any atom is -0.434 e. The first-order valence-corrected chi connectivity index (χ1v) is 8.66. The number of rotatable bonds is 2. The zero-order chi connectivity index (χ0) is 18.9. The van der Waals surface area contributed by atoms with Crippen LogP contribution in [0.1, 0.15) is 20.8 Å². The van der Waals surface area contributed by atoms with Crippen LogP contribution in [-0.4, -0.2) is 21.0 Å². The molecular weight excluding hydrogens is 372 g/mol. The quantitative estimate of drug-likeness (QED) is 0.633. The molecule has 2 aromatic heterocycles. The zero-order valence-electron chi connectivity index (χ0n) is 14.5. The number of carbonyl (C=O) groups is 1. The van der Waals surface area contributed by atoms with Crippen molar-refractivity contribution in [3.8, 4) is 11.5 Å². The number of carbonyl (C=O) groups excluding carboxylic acids is 1. The number of nitrogens with zero attached hydrogens (tertiary/aromatic N) is 2. The van der Waals surface area contributed by atoms with Gasteiger partial charge in [0.2, 0.25) is 11.8 Å². The van der Waals surface area contributed by atoms with E-state index < -0.39 is 5.41 Å². The molecule has 0 unspecified atom stereocenters. The van der Waals surface area contributed by atoms with Crippen LogP contribution in [0.25, 0.3) is 22.7 Å². The molecule has 0 aliphatic rings. The summed E-state index contributed by atoms with van der Waals surface area (Å²) in [5, 5.41) is 6.21. The summed E-state index contributed by atoms with van der Waals surface area (Å²) in [4.78, 5) is 20.6. The highest BCUT2D eigenvalue weighted by molar-refractivity contribution is 7.80. The first kappa shape index (κ1) is 18.3. The molecule has 0 saturated heterocycles. The number of oxazole rings is 1. The summed E-state index contributed by atoms with van der Waals surface area (Å²) in [6.45, 7) is 5.42. The lowest BCUT2D eigenvalue weighted by molar-refractivity contribution is -0.126. The van der Waals surface area contributed by atoms with Gasteiger partial charge in [-0.2, -0.15) is 4.98 Å². The fourth-order valence-electron chi connectivity index (χ4n) is 2.09. The Kier molecular flexibility index (Phi) is 4.93. The number of halogens is 1. The molecule has 3 rings (SSSR count). The molecule has 0 atom stereocenters. The molecule has 2 heterocycles. The summed E-state index contributed by atoms with van der Waals surface area (Å²) in [5.74, 6) is 0.232. The second-order valence-electron chi connectivity index (χ2n) is 6.70. The van der Waals surface area contributed by atoms with Gasteiger partial charge in [-0.15, -0.1) is 0 Å². The zero-order valence-corrected chi connectivity index (χ0v) is 16.0. The number of nitrogens with one attached hydrogen (secondary N) is 2. The fraction of sp³-hybridized carbons (Fsp3) is 0.222. The first-order valence-electron chi connectivity index (χ1n) is 7.88. The van der Waals surface area contributed by atoms with Gasteiger partial charge in [-0.25, -0.2) is 4.98 Å². The number of anilines is 1. The summed E-state index contributed by atoms with van der Waals surface area (Å²) >= 11 is 11.4. The number of benzene rings is 1. The maximum absolute atomic E-state index is 12.0. The number of hydrogen-bond acceptors (Lipinski definition) is 5. The first-order chi connectivity index (χ1) is 12.2. The van der Waals surface area contributed by atoms with Crippen molar-refractivity contribution in [2.24, 2.45) is 5.41 Å². The van der Waals surface area contributed by atoms with Crippen LogP contribution in [-0.2, 0) is 4.79 Å². The Morgan fingerprint density at radius 2 is 2.04 bits per heavy atom. The minimum atomic E-state index is -0.553. The van der Waals surface area contributed by atoms with Gasteiger partial charge in [0.25, 0.3) is 0 Å². The van der Waals surface area contributed by atoms with Crippen molar-refractivity contribution in [2.45, 2.75) is 20.8 Å². The number of hydrogen-bond donors (Lipinski definition) is 2. The standard InChI is InChI=1S/C18H17ClN4O2S/c1-18(2,3)16(24)23-17(26)21-12-9-10(6-7-11(12)19)15-22-14-13(25-15)5-4-8-20-14/h4-9H,1-3H3,(H2,21,23,24,26). The molecule has 0 bridgehead atoms. The van der Waals surface area contributed by atoms with Crippen molar-refractivity contribution in [3.63, 3.8) is 0 Å². The topological polar surface area (TPSA) is 80.0 Å². The summed E-state index contributed by atoms with van der Waals surface area (Å²) < 4.78 is 5.72. The molecule has 6 nitrogen and oxygen atoms in total. The van der Waals surface area contributed by atoms with Crippen LogP contribution in [0.15, 0.2) is 40.9 Å². The van der Waals surface area contributed by atoms with Crippen molar-refractivity contribution >= 4 is 51.8 Å². The van der Waals surface area contributed by atoms with Gasteiger partial charge in [-0.05, 0) is 42.5 Å². The van der Waals surface area contributed by atoms with Crippen LogP contribution in [0.5, 0.6) is 0 Å². The van der Waals surface area contributed by atoms with E-state index in [1.165, 1.54) is 0 Å². The second-order valence-corrected chi connectivity index (χ2v) is 7.51. The third-order valence-electron chi connectivity index (χ3n) is 3.53. The van der Waals surface area contributed by atoms with E-state index in [2.05, 4.69) is 20.6 Å². The van der Waals surface area contributed by atoms with Crippen LogP contribution in [0.2, 0.25) is 5.02 Å². The number of thiocarbonyl (C=S) groups is 1. The van der Waals surface area contributed by atoms with Gasteiger partial charge >= 0.3 is 0 Å². The molecule has 0 saturated carbocycles. The predicted octanol–water partition coefficient (Wildman–Crippen LogP) is 4.40. The Balaban J connectivity index is 1.84. The number of pyridine rings is 1. The Morgan fingerprint density at radius 1 is 1.27 bits per heavy atom. The Morgan fingerprint density at radius 3 is 2.73 bits per heavy atom. The summed E-state index contributed by atoms with van der Waals surface area (Å²) in [7, 11) is 0. The Labute approximate surface area is 161 Å². The molecule has 134 valence electrons. The molecule has 1 aromatic carbocycles. The van der Waals surface area contributed by atoms with Crippen molar-refractivity contribution in [1.82, 2.24) is 15.3 Å². The van der Waals surface area contributed by atoms with Crippen LogP contribution in [0.4, 0.5) is 5.69 Å². The minimum absolute atomic E-state index is 0.170. The lowest BCUT2D eigenvalue weighted by Gasteiger charge is -2.19. The molecule has 2 N–H and O–H groups in total. The number of amides is 1. The summed E-state index contributed by atoms with van der Waals surface area (Å²) in [5.41, 5.74) is 1.82. The van der Waals surface area contributed by atoms with E-state index >= 15 is 0 Å². The van der Waals surface area contributed by atoms with Crippen molar-refractivity contribution in [2.75, 3.05) is 5.32 Å². The third kappa shape index (κ3) is 4.00. The average Bonchev–Trinajstić information content (AvgIpc) is 3.00. The second kappa shape index (κ2) is 7.01. The molecule has 0 spiro atoms. The van der Waals surface area contributed by atoms with E-state index in [1.807, 2.05) is 0 Å². The van der Waals surface area contributed by atoms with Crippen LogP contribution >= 0.6 is 23.8 Å². The van der Waals surface area contributed by atoms with Crippen LogP contribution < -0.4 is 10.6 Å². The van der Waals surface area contributed by atoms with Gasteiger partial charge in [-0.1, -0.05) is 32.4 Å². The molecule has 1 amide bonds. The molecule has 3 aromatic rings. The van der Waals surface area contributed by atoms with Gasteiger partial charge in [0.05, 0.1) is 10.7 Å². The summed E-state index contributed by atoms with van der Waals surface area (Å²) in [6, 6.07) is 8.82. The lowest BCUT2D eigenvalue weighted by atomic mass is 9.96. The van der Waals surface area contributed by atoms with Gasteiger partial charge in [-0.3, -0.25) is 4.79 Å². The van der Waals surface area contributed by atoms with Crippen molar-refractivity contribution in [3.05, 3.63) is 41.6 Å². The van der Waals surface area contributed by atoms with E-state index in [1.54, 1.807) is 57.3 Å². The fourth-order valence-corrected chi connectivity index (χ4v) is 2.46. The SMILES string of the molecule is CC(C)(C)C(=O)NC(=S)Nc1cc(-c2nc3ncccc3o2)ccc1Cl. The average molecular weight is 389 g/mol. The third-order valence-corrected chi connectivity index (χ3v) is 4.07. The van der Waals surface area contributed by atoms with E-state index in [-0.39, 0.29) is 11.0 Å². The van der Waals surface area contributed by atoms with Crippen molar-refractivity contribution in [1.29, 1.82) is 0 Å². The van der Waals surface area contributed by atoms with Crippen LogP contribution in [0.3, 0.4) is 0 Å². The van der Waals surface area contributed by atoms with E-state index in [4.69, 9.17) is 28.2 Å². The molecular formula is C18H17ClN4O2S. The highest BCUT2D eigenvalue weighted by Gasteiger charge is 2.22. The molecule has 26 heavy (non-hydrogen) atoms. The molecule has 0 radical (unpaired) electrons. The normalized spacial score (nSPS) is 11.4. The van der Waals surface area contributed by atoms with Gasteiger partial charge in [0.1, 0.15) is 0 Å². The predicted molar refractivity (Wildman–Crippen MR) is 106 cm³/mol. The number of aromatic nitrogens is 2.